The Hall–Kier alpha value is -5.30. The van der Waals surface area contributed by atoms with Gasteiger partial charge in [0.25, 0.3) is 0 Å². The Kier molecular flexibility index (Phi) is 22.5. The molecule has 0 aliphatic carbocycles. The summed E-state index contributed by atoms with van der Waals surface area (Å²) in [6, 6.07) is 0.389. The summed E-state index contributed by atoms with van der Waals surface area (Å²) in [4.78, 5) is 108. The van der Waals surface area contributed by atoms with Crippen molar-refractivity contribution in [3.8, 4) is 5.75 Å². The van der Waals surface area contributed by atoms with Crippen molar-refractivity contribution in [1.82, 2.24) is 31.5 Å². The highest BCUT2D eigenvalue weighted by Gasteiger charge is 2.41. The number of aliphatic hydroxyl groups excluding tert-OH is 1. The fourth-order valence-corrected chi connectivity index (χ4v) is 7.58. The molecule has 2 rings (SSSR count). The maximum atomic E-state index is 14.1. The molecule has 0 radical (unpaired) electrons. The van der Waals surface area contributed by atoms with Gasteiger partial charge in [0.1, 0.15) is 41.6 Å². The summed E-state index contributed by atoms with van der Waals surface area (Å²) in [5.74, 6) is -7.10. The Balaban J connectivity index is 2.26. The fourth-order valence-electron chi connectivity index (χ4n) is 7.58. The molecule has 66 heavy (non-hydrogen) atoms. The van der Waals surface area contributed by atoms with Crippen LogP contribution in [0.4, 0.5) is 4.79 Å². The normalized spacial score (nSPS) is 18.1. The SMILES string of the molecule is CC[C@H](C)[C@@H](NC(=O)[C@@H](NC(=O)OC(C)(C)C)[C@@H](C)OC(=O)[C@H](Cc1ccc(OC)cc1)NC)[C@@H](O)CC(=O)N[C@H](C(=O)C(C)C(=O)N[C@@H](CC(C)C)C(=O)N1CCC[C@H]1C(=O)O)C(C)C. The number of aliphatic hydroxyl groups is 1. The molecule has 7 N–H and O–H groups in total. The van der Waals surface area contributed by atoms with Gasteiger partial charge in [-0.3, -0.25) is 28.8 Å². The summed E-state index contributed by atoms with van der Waals surface area (Å²) in [5.41, 5.74) is -0.148. The number of nitrogens with one attached hydrogen (secondary N) is 5. The lowest BCUT2D eigenvalue weighted by Crippen LogP contribution is -2.59. The third-order valence-electron chi connectivity index (χ3n) is 11.6. The molecule has 1 unspecified atom stereocenters. The largest absolute Gasteiger partial charge is 0.497 e. The van der Waals surface area contributed by atoms with Crippen LogP contribution in [-0.4, -0.2) is 137 Å². The lowest BCUT2D eigenvalue weighted by molar-refractivity contribution is -0.154. The Bertz CT molecular complexity index is 1820. The van der Waals surface area contributed by atoms with E-state index in [4.69, 9.17) is 14.2 Å². The number of carboxylic acid groups (broad SMARTS) is 1. The van der Waals surface area contributed by atoms with E-state index in [9.17, 15) is 48.6 Å². The fraction of sp³-hybridized carbons (Fsp3) is 0.702. The van der Waals surface area contributed by atoms with Crippen LogP contribution in [0.2, 0.25) is 0 Å². The number of ether oxygens (including phenoxy) is 3. The number of benzene rings is 1. The number of hydrogen-bond acceptors (Lipinski definition) is 13. The van der Waals surface area contributed by atoms with E-state index in [-0.39, 0.29) is 25.3 Å². The monoisotopic (exact) mass is 933 g/mol. The van der Waals surface area contributed by atoms with Crippen molar-refractivity contribution in [2.75, 3.05) is 20.7 Å². The van der Waals surface area contributed by atoms with E-state index in [2.05, 4.69) is 26.6 Å². The second kappa shape index (κ2) is 26.1. The number of carbonyl (C=O) groups is 8. The Labute approximate surface area is 389 Å². The molecule has 372 valence electrons. The molecule has 5 amide bonds. The third kappa shape index (κ3) is 17.5. The van der Waals surface area contributed by atoms with Gasteiger partial charge >= 0.3 is 18.0 Å². The molecule has 1 aliphatic rings. The first-order valence-corrected chi connectivity index (χ1v) is 22.9. The van der Waals surface area contributed by atoms with Gasteiger partial charge in [0.15, 0.2) is 5.78 Å². The van der Waals surface area contributed by atoms with Crippen LogP contribution in [0.5, 0.6) is 5.75 Å². The summed E-state index contributed by atoms with van der Waals surface area (Å²) in [6.07, 6.45) is -2.67. The van der Waals surface area contributed by atoms with Crippen LogP contribution in [0.1, 0.15) is 114 Å². The number of ketones is 1. The van der Waals surface area contributed by atoms with Crippen molar-refractivity contribution in [1.29, 1.82) is 0 Å². The zero-order valence-corrected chi connectivity index (χ0v) is 41.0. The number of hydrogen-bond donors (Lipinski definition) is 7. The van der Waals surface area contributed by atoms with E-state index in [1.54, 1.807) is 80.0 Å². The van der Waals surface area contributed by atoms with Gasteiger partial charge in [-0.1, -0.05) is 60.1 Å². The molecule has 1 fully saturated rings. The van der Waals surface area contributed by atoms with Crippen LogP contribution in [0.15, 0.2) is 24.3 Å². The maximum Gasteiger partial charge on any atom is 0.408 e. The summed E-state index contributed by atoms with van der Waals surface area (Å²) >= 11 is 0. The topological polar surface area (TPSA) is 268 Å². The molecular weight excluding hydrogens is 857 g/mol. The highest BCUT2D eigenvalue weighted by molar-refractivity contribution is 6.05. The number of aliphatic carboxylic acids is 1. The Morgan fingerprint density at radius 1 is 0.848 bits per heavy atom. The number of esters is 1. The number of alkyl carbamates (subject to hydrolysis) is 1. The quantitative estimate of drug-likeness (QED) is 0.0550. The van der Waals surface area contributed by atoms with Crippen LogP contribution in [0, 0.1) is 23.7 Å². The molecule has 1 aliphatic heterocycles. The summed E-state index contributed by atoms with van der Waals surface area (Å²) in [5, 5.41) is 34.7. The first kappa shape index (κ1) is 56.8. The van der Waals surface area contributed by atoms with Crippen LogP contribution < -0.4 is 31.3 Å². The zero-order chi connectivity index (χ0) is 50.2. The number of carboxylic acids is 1. The summed E-state index contributed by atoms with van der Waals surface area (Å²) in [7, 11) is 3.12. The van der Waals surface area contributed by atoms with Crippen molar-refractivity contribution in [2.24, 2.45) is 23.7 Å². The molecule has 10 atom stereocenters. The van der Waals surface area contributed by atoms with Crippen LogP contribution in [0.3, 0.4) is 0 Å². The minimum atomic E-state index is -1.52. The molecule has 1 heterocycles. The first-order valence-electron chi connectivity index (χ1n) is 22.9. The predicted octanol–water partition coefficient (Wildman–Crippen LogP) is 2.89. The first-order chi connectivity index (χ1) is 30.7. The minimum absolute atomic E-state index is 0.0604. The molecule has 0 aromatic heterocycles. The number of amides is 5. The van der Waals surface area contributed by atoms with Gasteiger partial charge in [0, 0.05) is 6.54 Å². The average Bonchev–Trinajstić information content (AvgIpc) is 3.74. The van der Waals surface area contributed by atoms with Crippen molar-refractivity contribution in [2.45, 2.75) is 169 Å². The number of rotatable bonds is 25. The van der Waals surface area contributed by atoms with Gasteiger partial charge in [-0.15, -0.1) is 0 Å². The molecule has 0 spiro atoms. The van der Waals surface area contributed by atoms with Crippen molar-refractivity contribution < 1.29 is 62.8 Å². The van der Waals surface area contributed by atoms with Gasteiger partial charge in [-0.05, 0) is 103 Å². The lowest BCUT2D eigenvalue weighted by Gasteiger charge is -2.33. The smallest absolute Gasteiger partial charge is 0.408 e. The van der Waals surface area contributed by atoms with Crippen LogP contribution in [0.25, 0.3) is 0 Å². The maximum absolute atomic E-state index is 14.1. The van der Waals surface area contributed by atoms with Gasteiger partial charge in [0.2, 0.25) is 23.6 Å². The number of nitrogens with zero attached hydrogens (tertiary/aromatic N) is 1. The molecule has 1 saturated heterocycles. The van der Waals surface area contributed by atoms with Crippen LogP contribution >= 0.6 is 0 Å². The van der Waals surface area contributed by atoms with Gasteiger partial charge in [-0.2, -0.15) is 0 Å². The number of Topliss-reactive ketones (excluding diaryl/α,β-unsaturated/α-hetero) is 1. The number of likely N-dealkylation sites (tertiary alicyclic amines) is 1. The number of carbonyl (C=O) groups excluding carboxylic acids is 7. The van der Waals surface area contributed by atoms with Gasteiger partial charge in [0.05, 0.1) is 37.6 Å². The molecule has 0 bridgehead atoms. The van der Waals surface area contributed by atoms with Crippen molar-refractivity contribution in [3.05, 3.63) is 29.8 Å². The van der Waals surface area contributed by atoms with E-state index in [0.29, 0.717) is 25.0 Å². The Morgan fingerprint density at radius 2 is 1.47 bits per heavy atom. The number of likely N-dealkylation sites (N-methyl/N-ethyl adjacent to an activating group) is 1. The van der Waals surface area contributed by atoms with Crippen molar-refractivity contribution >= 4 is 47.4 Å². The second-order valence-electron chi connectivity index (χ2n) is 19.0. The lowest BCUT2D eigenvalue weighted by atomic mass is 9.89. The number of methoxy groups -OCH3 is 1. The van der Waals surface area contributed by atoms with E-state index in [0.717, 1.165) is 5.56 Å². The van der Waals surface area contributed by atoms with E-state index in [1.807, 2.05) is 20.8 Å². The Morgan fingerprint density at radius 3 is 1.98 bits per heavy atom. The van der Waals surface area contributed by atoms with Gasteiger partial charge in [-0.25, -0.2) is 9.59 Å². The molecular formula is C47H76N6O13. The van der Waals surface area contributed by atoms with Crippen molar-refractivity contribution in [3.63, 3.8) is 0 Å². The average molecular weight is 933 g/mol. The molecule has 0 saturated carbocycles. The highest BCUT2D eigenvalue weighted by atomic mass is 16.6. The third-order valence-corrected chi connectivity index (χ3v) is 11.6. The van der Waals surface area contributed by atoms with Crippen LogP contribution in [-0.2, 0) is 49.5 Å². The molecule has 19 nitrogen and oxygen atoms in total. The molecule has 1 aromatic rings. The highest BCUT2D eigenvalue weighted by Crippen LogP contribution is 2.22. The predicted molar refractivity (Wildman–Crippen MR) is 245 cm³/mol. The molecule has 1 aromatic carbocycles. The minimum Gasteiger partial charge on any atom is -0.497 e. The summed E-state index contributed by atoms with van der Waals surface area (Å²) < 4.78 is 16.4. The van der Waals surface area contributed by atoms with E-state index < -0.39 is 126 Å². The molecule has 19 heteroatoms. The van der Waals surface area contributed by atoms with E-state index in [1.165, 1.54) is 18.7 Å². The second-order valence-corrected chi connectivity index (χ2v) is 19.0. The standard InChI is InChI=1S/C47H76N6O13/c1-14-27(6)38(51-42(58)39(52-46(63)66-47(9,10)11)29(8)65-45(62)33(48-12)23-30-17-19-31(64-13)20-18-30)35(54)24-36(55)50-37(26(4)5)40(56)28(7)41(57)49-32(22-25(2)3)43(59)53-21-15-16-34(53)44(60)61/h17-20,25-29,32-35,37-39,48,54H,14-16,21-24H2,1-13H3,(H,49,57)(H,50,55)(H,51,58)(H,52,63)(H,60,61)/t27-,28?,29+,32-,33-,34-,35-,37-,38+,39-/m0/s1. The zero-order valence-electron chi connectivity index (χ0n) is 41.0. The van der Waals surface area contributed by atoms with Gasteiger partial charge < -0.3 is 55.9 Å². The summed E-state index contributed by atoms with van der Waals surface area (Å²) in [6.45, 7) is 18.5. The van der Waals surface area contributed by atoms with E-state index >= 15 is 0 Å².